The predicted molar refractivity (Wildman–Crippen MR) is 114 cm³/mol. The molecule has 8 heteroatoms. The molecule has 0 unspecified atom stereocenters. The van der Waals surface area contributed by atoms with Gasteiger partial charge in [0.05, 0.1) is 25.0 Å². The highest BCUT2D eigenvalue weighted by Gasteiger charge is 2.20. The maximum atomic E-state index is 12.4. The van der Waals surface area contributed by atoms with Crippen molar-refractivity contribution in [1.82, 2.24) is 19.8 Å². The number of amides is 1. The van der Waals surface area contributed by atoms with Crippen LogP contribution in [0, 0.1) is 6.92 Å². The molecule has 156 valence electrons. The van der Waals surface area contributed by atoms with Crippen LogP contribution in [0.25, 0.3) is 0 Å². The van der Waals surface area contributed by atoms with Gasteiger partial charge in [-0.25, -0.2) is 9.97 Å². The van der Waals surface area contributed by atoms with Crippen molar-refractivity contribution in [3.63, 3.8) is 0 Å². The highest BCUT2D eigenvalue weighted by molar-refractivity contribution is 5.93. The van der Waals surface area contributed by atoms with E-state index in [2.05, 4.69) is 25.1 Å². The highest BCUT2D eigenvalue weighted by atomic mass is 16.5. The van der Waals surface area contributed by atoms with Crippen molar-refractivity contribution in [3.05, 3.63) is 41.7 Å². The number of nitrogens with one attached hydrogen (secondary N) is 1. The van der Waals surface area contributed by atoms with E-state index in [0.717, 1.165) is 50.1 Å². The van der Waals surface area contributed by atoms with Crippen molar-refractivity contribution < 1.29 is 9.53 Å². The van der Waals surface area contributed by atoms with Gasteiger partial charge in [-0.3, -0.25) is 14.6 Å². The van der Waals surface area contributed by atoms with Crippen LogP contribution in [0.1, 0.15) is 11.4 Å². The van der Waals surface area contributed by atoms with E-state index in [1.165, 1.54) is 0 Å². The zero-order valence-corrected chi connectivity index (χ0v) is 17.7. The van der Waals surface area contributed by atoms with E-state index in [-0.39, 0.29) is 5.91 Å². The lowest BCUT2D eigenvalue weighted by Gasteiger charge is -2.34. The number of hydrogen-bond acceptors (Lipinski definition) is 7. The van der Waals surface area contributed by atoms with Crippen molar-refractivity contribution in [2.75, 3.05) is 64.1 Å². The summed E-state index contributed by atoms with van der Waals surface area (Å²) in [7, 11) is 5.51. The molecule has 29 heavy (non-hydrogen) atoms. The molecule has 0 radical (unpaired) electrons. The van der Waals surface area contributed by atoms with E-state index in [1.54, 1.807) is 7.11 Å². The zero-order valence-electron chi connectivity index (χ0n) is 17.7. The molecule has 0 atom stereocenters. The number of carbonyl (C=O) groups excluding carboxylic acids is 1. The Kier molecular flexibility index (Phi) is 7.00. The lowest BCUT2D eigenvalue weighted by atomic mass is 10.2. The van der Waals surface area contributed by atoms with Gasteiger partial charge < -0.3 is 15.0 Å². The van der Waals surface area contributed by atoms with Gasteiger partial charge in [0.1, 0.15) is 5.75 Å². The normalized spacial score (nSPS) is 15.2. The number of hydrogen-bond donors (Lipinski definition) is 1. The van der Waals surface area contributed by atoms with Gasteiger partial charge in [-0.15, -0.1) is 0 Å². The number of carbonyl (C=O) groups is 1. The summed E-state index contributed by atoms with van der Waals surface area (Å²) < 4.78 is 5.29. The lowest BCUT2D eigenvalue weighted by molar-refractivity contribution is -0.117. The Balaban J connectivity index is 1.49. The van der Waals surface area contributed by atoms with E-state index in [9.17, 15) is 4.79 Å². The molecular formula is C21H30N6O2. The van der Waals surface area contributed by atoms with Gasteiger partial charge in [-0.05, 0) is 25.1 Å². The second kappa shape index (κ2) is 9.67. The molecular weight excluding hydrogens is 368 g/mol. The molecule has 1 aromatic heterocycles. The summed E-state index contributed by atoms with van der Waals surface area (Å²) in [4.78, 5) is 28.0. The monoisotopic (exact) mass is 398 g/mol. The summed E-state index contributed by atoms with van der Waals surface area (Å²) in [6, 6.07) is 9.49. The van der Waals surface area contributed by atoms with Crippen molar-refractivity contribution in [1.29, 1.82) is 0 Å². The van der Waals surface area contributed by atoms with Gasteiger partial charge in [-0.2, -0.15) is 0 Å². The third-order valence-corrected chi connectivity index (χ3v) is 4.89. The minimum atomic E-state index is -0.0231. The molecule has 0 saturated carbocycles. The van der Waals surface area contributed by atoms with Crippen LogP contribution in [0.4, 0.5) is 11.6 Å². The Morgan fingerprint density at radius 3 is 2.52 bits per heavy atom. The third kappa shape index (κ3) is 5.88. The molecule has 1 amide bonds. The van der Waals surface area contributed by atoms with E-state index in [1.807, 2.05) is 56.3 Å². The Morgan fingerprint density at radius 1 is 1.14 bits per heavy atom. The molecule has 1 saturated heterocycles. The SMILES string of the molecule is COc1ccccc1NC(=O)CN1CCN(Cc2cc(C)nc(N(C)C)n2)CC1. The smallest absolute Gasteiger partial charge is 0.238 e. The molecule has 8 nitrogen and oxygen atoms in total. The van der Waals surface area contributed by atoms with E-state index in [4.69, 9.17) is 4.74 Å². The van der Waals surface area contributed by atoms with E-state index >= 15 is 0 Å². The number of para-hydroxylation sites is 2. The van der Waals surface area contributed by atoms with Gasteiger partial charge in [0, 0.05) is 52.5 Å². The summed E-state index contributed by atoms with van der Waals surface area (Å²) in [5.74, 6) is 1.39. The number of methoxy groups -OCH3 is 1. The van der Waals surface area contributed by atoms with Gasteiger partial charge in [0.2, 0.25) is 11.9 Å². The van der Waals surface area contributed by atoms with Crippen LogP contribution < -0.4 is 15.0 Å². The van der Waals surface area contributed by atoms with Crippen molar-refractivity contribution in [2.24, 2.45) is 0 Å². The fourth-order valence-corrected chi connectivity index (χ4v) is 3.37. The van der Waals surface area contributed by atoms with Crippen LogP contribution in [0.15, 0.2) is 30.3 Å². The summed E-state index contributed by atoms with van der Waals surface area (Å²) >= 11 is 0. The van der Waals surface area contributed by atoms with Crippen LogP contribution >= 0.6 is 0 Å². The van der Waals surface area contributed by atoms with Crippen LogP contribution in [0.3, 0.4) is 0 Å². The molecule has 1 aromatic carbocycles. The summed E-state index contributed by atoms with van der Waals surface area (Å²) in [6.07, 6.45) is 0. The molecule has 0 bridgehead atoms. The maximum absolute atomic E-state index is 12.4. The molecule has 1 aliphatic rings. The lowest BCUT2D eigenvalue weighted by Crippen LogP contribution is -2.48. The predicted octanol–water partition coefficient (Wildman–Crippen LogP) is 1.62. The first kappa shape index (κ1) is 21.0. The first-order chi connectivity index (χ1) is 13.9. The standard InChI is InChI=1S/C21H30N6O2/c1-16-13-17(23-21(22-16)25(2)3)14-26-9-11-27(12-10-26)15-20(28)24-18-7-5-6-8-19(18)29-4/h5-8,13H,9-12,14-15H2,1-4H3,(H,24,28). The van der Waals surface area contributed by atoms with Crippen molar-refractivity contribution in [2.45, 2.75) is 13.5 Å². The quantitative estimate of drug-likeness (QED) is 0.760. The second-order valence-corrected chi connectivity index (χ2v) is 7.50. The van der Waals surface area contributed by atoms with Crippen molar-refractivity contribution in [3.8, 4) is 5.75 Å². The third-order valence-electron chi connectivity index (χ3n) is 4.89. The average molecular weight is 399 g/mol. The summed E-state index contributed by atoms with van der Waals surface area (Å²) in [6.45, 7) is 6.68. The second-order valence-electron chi connectivity index (χ2n) is 7.50. The molecule has 2 heterocycles. The Hall–Kier alpha value is -2.71. The number of benzene rings is 1. The zero-order chi connectivity index (χ0) is 20.8. The molecule has 0 spiro atoms. The van der Waals surface area contributed by atoms with E-state index < -0.39 is 0 Å². The number of ether oxygens (including phenoxy) is 1. The van der Waals surface area contributed by atoms with Crippen LogP contribution in [0.5, 0.6) is 5.75 Å². The maximum Gasteiger partial charge on any atom is 0.238 e. The molecule has 2 aromatic rings. The number of anilines is 2. The molecule has 1 aliphatic heterocycles. The number of aryl methyl sites for hydroxylation is 1. The Morgan fingerprint density at radius 2 is 1.83 bits per heavy atom. The fraction of sp³-hybridized carbons (Fsp3) is 0.476. The van der Waals surface area contributed by atoms with Gasteiger partial charge >= 0.3 is 0 Å². The van der Waals surface area contributed by atoms with Crippen molar-refractivity contribution >= 4 is 17.5 Å². The topological polar surface area (TPSA) is 73.8 Å². The largest absolute Gasteiger partial charge is 0.495 e. The van der Waals surface area contributed by atoms with Crippen LogP contribution in [-0.4, -0.2) is 79.6 Å². The van der Waals surface area contributed by atoms with E-state index in [0.29, 0.717) is 18.0 Å². The summed E-state index contributed by atoms with van der Waals surface area (Å²) in [5.41, 5.74) is 2.71. The first-order valence-corrected chi connectivity index (χ1v) is 9.84. The molecule has 1 fully saturated rings. The number of piperazine rings is 1. The molecule has 3 rings (SSSR count). The molecule has 0 aliphatic carbocycles. The summed E-state index contributed by atoms with van der Waals surface area (Å²) in [5, 5.41) is 2.94. The van der Waals surface area contributed by atoms with Crippen LogP contribution in [0.2, 0.25) is 0 Å². The van der Waals surface area contributed by atoms with Gasteiger partial charge in [0.25, 0.3) is 0 Å². The van der Waals surface area contributed by atoms with Crippen LogP contribution in [-0.2, 0) is 11.3 Å². The average Bonchev–Trinajstić information content (AvgIpc) is 2.69. The first-order valence-electron chi connectivity index (χ1n) is 9.84. The number of nitrogens with zero attached hydrogens (tertiary/aromatic N) is 5. The Labute approximate surface area is 172 Å². The van der Waals surface area contributed by atoms with Gasteiger partial charge in [0.15, 0.2) is 0 Å². The number of aromatic nitrogens is 2. The number of rotatable bonds is 7. The Bertz CT molecular complexity index is 834. The fourth-order valence-electron chi connectivity index (χ4n) is 3.37. The van der Waals surface area contributed by atoms with Gasteiger partial charge in [-0.1, -0.05) is 12.1 Å². The minimum absolute atomic E-state index is 0.0231. The molecule has 1 N–H and O–H groups in total. The minimum Gasteiger partial charge on any atom is -0.495 e. The highest BCUT2D eigenvalue weighted by Crippen LogP contribution is 2.23.